The number of halogens is 1. The molecule has 6 heteroatoms. The van der Waals surface area contributed by atoms with E-state index in [2.05, 4.69) is 41.1 Å². The van der Waals surface area contributed by atoms with E-state index >= 15 is 0 Å². The van der Waals surface area contributed by atoms with E-state index in [-0.39, 0.29) is 11.1 Å². The predicted octanol–water partition coefficient (Wildman–Crippen LogP) is 5.58. The van der Waals surface area contributed by atoms with Gasteiger partial charge < -0.3 is 9.32 Å². The average Bonchev–Trinajstić information content (AvgIpc) is 3.12. The Balaban J connectivity index is 1.71. The van der Waals surface area contributed by atoms with E-state index in [9.17, 15) is 4.39 Å². The molecule has 0 radical (unpaired) electrons. The number of rotatable bonds is 7. The number of anilines is 1. The number of hydrogen-bond donors (Lipinski definition) is 0. The predicted molar refractivity (Wildman–Crippen MR) is 104 cm³/mol. The number of hydrogen-bond acceptors (Lipinski definition) is 5. The van der Waals surface area contributed by atoms with Crippen molar-refractivity contribution in [3.8, 4) is 11.5 Å². The van der Waals surface area contributed by atoms with E-state index in [1.54, 1.807) is 6.07 Å². The van der Waals surface area contributed by atoms with Crippen molar-refractivity contribution < 1.29 is 8.81 Å². The molecule has 0 bridgehead atoms. The van der Waals surface area contributed by atoms with Crippen LogP contribution in [0, 0.1) is 5.82 Å². The molecule has 2 aromatic carbocycles. The molecular formula is C20H22FN3OS. The summed E-state index contributed by atoms with van der Waals surface area (Å²) >= 11 is 1.42. The fourth-order valence-electron chi connectivity index (χ4n) is 2.76. The fourth-order valence-corrected chi connectivity index (χ4v) is 3.56. The number of aromatic nitrogens is 2. The molecule has 1 heterocycles. The molecule has 3 rings (SSSR count). The maximum Gasteiger partial charge on any atom is 0.277 e. The Morgan fingerprint density at radius 2 is 1.81 bits per heavy atom. The van der Waals surface area contributed by atoms with Crippen LogP contribution in [-0.2, 0) is 0 Å². The molecule has 0 aliphatic heterocycles. The van der Waals surface area contributed by atoms with E-state index in [0.29, 0.717) is 11.1 Å². The van der Waals surface area contributed by atoms with Gasteiger partial charge in [0.2, 0.25) is 5.89 Å². The first-order valence-electron chi connectivity index (χ1n) is 8.71. The molecule has 0 fully saturated rings. The smallest absolute Gasteiger partial charge is 0.277 e. The first-order chi connectivity index (χ1) is 12.6. The van der Waals surface area contributed by atoms with Crippen molar-refractivity contribution in [2.75, 3.05) is 18.0 Å². The molecule has 4 nitrogen and oxygen atoms in total. The minimum atomic E-state index is -0.241. The Kier molecular flexibility index (Phi) is 5.93. The Morgan fingerprint density at radius 1 is 1.08 bits per heavy atom. The highest BCUT2D eigenvalue weighted by Gasteiger charge is 2.15. The Morgan fingerprint density at radius 3 is 2.46 bits per heavy atom. The van der Waals surface area contributed by atoms with Crippen LogP contribution < -0.4 is 4.90 Å². The first-order valence-corrected chi connectivity index (χ1v) is 9.59. The third kappa shape index (κ3) is 4.25. The van der Waals surface area contributed by atoms with Gasteiger partial charge >= 0.3 is 0 Å². The lowest BCUT2D eigenvalue weighted by molar-refractivity contribution is 0.465. The molecule has 0 N–H and O–H groups in total. The monoisotopic (exact) mass is 371 g/mol. The van der Waals surface area contributed by atoms with E-state index < -0.39 is 0 Å². The molecule has 0 spiro atoms. The van der Waals surface area contributed by atoms with Gasteiger partial charge in [0.05, 0.1) is 0 Å². The lowest BCUT2D eigenvalue weighted by Gasteiger charge is -2.20. The van der Waals surface area contributed by atoms with E-state index in [4.69, 9.17) is 4.42 Å². The molecule has 1 aromatic heterocycles. The summed E-state index contributed by atoms with van der Waals surface area (Å²) in [4.78, 5) is 2.28. The van der Waals surface area contributed by atoms with Crippen LogP contribution in [0.2, 0.25) is 0 Å². The van der Waals surface area contributed by atoms with Gasteiger partial charge in [0.1, 0.15) is 5.82 Å². The van der Waals surface area contributed by atoms with E-state index in [1.165, 1.54) is 29.6 Å². The van der Waals surface area contributed by atoms with Gasteiger partial charge in [-0.3, -0.25) is 0 Å². The maximum atomic E-state index is 13.4. The largest absolute Gasteiger partial charge is 0.411 e. The quantitative estimate of drug-likeness (QED) is 0.508. The zero-order chi connectivity index (χ0) is 18.5. The third-order valence-corrected chi connectivity index (χ3v) is 5.24. The summed E-state index contributed by atoms with van der Waals surface area (Å²) in [6.07, 6.45) is 0. The fraction of sp³-hybridized carbons (Fsp3) is 0.300. The summed E-state index contributed by atoms with van der Waals surface area (Å²) < 4.78 is 19.1. The van der Waals surface area contributed by atoms with Gasteiger partial charge in [-0.2, -0.15) is 0 Å². The molecule has 0 saturated carbocycles. The van der Waals surface area contributed by atoms with Gasteiger partial charge in [0.15, 0.2) is 0 Å². The Bertz CT molecular complexity index is 846. The Hall–Kier alpha value is -2.34. The number of thioether (sulfide) groups is 1. The Labute approximate surface area is 157 Å². The molecule has 3 aromatic rings. The summed E-state index contributed by atoms with van der Waals surface area (Å²) in [5.41, 5.74) is 2.95. The van der Waals surface area contributed by atoms with Crippen molar-refractivity contribution in [3.63, 3.8) is 0 Å². The molecule has 1 unspecified atom stereocenters. The number of nitrogens with zero attached hydrogens (tertiary/aromatic N) is 3. The molecule has 136 valence electrons. The maximum absolute atomic E-state index is 13.4. The van der Waals surface area contributed by atoms with Gasteiger partial charge in [-0.25, -0.2) is 4.39 Å². The first kappa shape index (κ1) is 18.5. The summed E-state index contributed by atoms with van der Waals surface area (Å²) in [6, 6.07) is 14.7. The van der Waals surface area contributed by atoms with Gasteiger partial charge in [0, 0.05) is 29.6 Å². The molecule has 0 aliphatic carbocycles. The number of benzene rings is 2. The van der Waals surface area contributed by atoms with Crippen LogP contribution in [0.3, 0.4) is 0 Å². The van der Waals surface area contributed by atoms with Gasteiger partial charge in [-0.15, -0.1) is 10.2 Å². The van der Waals surface area contributed by atoms with Gasteiger partial charge in [-0.1, -0.05) is 23.9 Å². The van der Waals surface area contributed by atoms with Crippen molar-refractivity contribution in [1.29, 1.82) is 0 Å². The molecular weight excluding hydrogens is 349 g/mol. The standard InChI is InChI=1S/C20H22FN3OS/c1-4-24(5-2)18-11-9-15(10-12-18)19-22-23-20(25-19)26-14(3)16-7-6-8-17(21)13-16/h6-14H,4-5H2,1-3H3. The summed E-state index contributed by atoms with van der Waals surface area (Å²) in [5.74, 6) is 0.250. The summed E-state index contributed by atoms with van der Waals surface area (Å²) in [7, 11) is 0. The minimum absolute atomic E-state index is 0.0176. The van der Waals surface area contributed by atoms with Gasteiger partial charge in [0.25, 0.3) is 5.22 Å². The van der Waals surface area contributed by atoms with Crippen LogP contribution in [0.5, 0.6) is 0 Å². The van der Waals surface area contributed by atoms with Crippen molar-refractivity contribution in [3.05, 3.63) is 59.9 Å². The minimum Gasteiger partial charge on any atom is -0.411 e. The van der Waals surface area contributed by atoms with Crippen LogP contribution in [-0.4, -0.2) is 23.3 Å². The SMILES string of the molecule is CCN(CC)c1ccc(-c2nnc(SC(C)c3cccc(F)c3)o2)cc1. The van der Waals surface area contributed by atoms with Crippen molar-refractivity contribution in [2.24, 2.45) is 0 Å². The second-order valence-corrected chi connectivity index (χ2v) is 7.20. The van der Waals surface area contributed by atoms with Crippen molar-refractivity contribution in [1.82, 2.24) is 10.2 Å². The topological polar surface area (TPSA) is 42.2 Å². The molecule has 0 aliphatic rings. The summed E-state index contributed by atoms with van der Waals surface area (Å²) in [6.45, 7) is 8.20. The van der Waals surface area contributed by atoms with Crippen LogP contribution in [0.15, 0.2) is 58.2 Å². The van der Waals surface area contributed by atoms with Crippen LogP contribution in [0.1, 0.15) is 31.6 Å². The third-order valence-electron chi connectivity index (χ3n) is 4.24. The molecule has 26 heavy (non-hydrogen) atoms. The average molecular weight is 371 g/mol. The van der Waals surface area contributed by atoms with E-state index in [0.717, 1.165) is 24.2 Å². The normalized spacial score (nSPS) is 12.2. The zero-order valence-corrected chi connectivity index (χ0v) is 16.0. The highest BCUT2D eigenvalue weighted by atomic mass is 32.2. The molecule has 1 atom stereocenters. The van der Waals surface area contributed by atoms with Crippen molar-refractivity contribution >= 4 is 17.4 Å². The van der Waals surface area contributed by atoms with E-state index in [1.807, 2.05) is 25.1 Å². The zero-order valence-electron chi connectivity index (χ0n) is 15.1. The van der Waals surface area contributed by atoms with Gasteiger partial charge in [-0.05, 0) is 62.7 Å². The van der Waals surface area contributed by atoms with Crippen molar-refractivity contribution in [2.45, 2.75) is 31.2 Å². The lowest BCUT2D eigenvalue weighted by atomic mass is 10.2. The second-order valence-electron chi connectivity index (χ2n) is 5.91. The van der Waals surface area contributed by atoms with Crippen LogP contribution in [0.4, 0.5) is 10.1 Å². The van der Waals surface area contributed by atoms with Crippen LogP contribution in [0.25, 0.3) is 11.5 Å². The summed E-state index contributed by atoms with van der Waals surface area (Å²) in [5, 5.41) is 8.75. The molecule has 0 amide bonds. The molecule has 0 saturated heterocycles. The van der Waals surface area contributed by atoms with Crippen LogP contribution >= 0.6 is 11.8 Å². The lowest BCUT2D eigenvalue weighted by Crippen LogP contribution is -2.21. The highest BCUT2D eigenvalue weighted by molar-refractivity contribution is 7.99. The second kappa shape index (κ2) is 8.36. The highest BCUT2D eigenvalue weighted by Crippen LogP contribution is 2.35.